The van der Waals surface area contributed by atoms with E-state index in [4.69, 9.17) is 9.47 Å². The van der Waals surface area contributed by atoms with E-state index in [2.05, 4.69) is 10.3 Å². The molecule has 0 atom stereocenters. The number of amides is 1. The lowest BCUT2D eigenvalue weighted by atomic mass is 10.1. The highest BCUT2D eigenvalue weighted by Crippen LogP contribution is 2.35. The van der Waals surface area contributed by atoms with Crippen molar-refractivity contribution >= 4 is 38.3 Å². The molecule has 3 aromatic rings. The minimum atomic E-state index is -3.25. The molecule has 0 saturated carbocycles. The maximum atomic E-state index is 12.3. The quantitative estimate of drug-likeness (QED) is 0.514. The predicted octanol–water partition coefficient (Wildman–Crippen LogP) is 4.42. The second kappa shape index (κ2) is 9.54. The summed E-state index contributed by atoms with van der Waals surface area (Å²) in [7, 11) is -3.25. The zero-order chi connectivity index (χ0) is 22.6. The van der Waals surface area contributed by atoms with Gasteiger partial charge in [0.15, 0.2) is 26.5 Å². The summed E-state index contributed by atoms with van der Waals surface area (Å²) in [6, 6.07) is 12.1. The number of sulfone groups is 1. The van der Waals surface area contributed by atoms with Gasteiger partial charge < -0.3 is 9.47 Å². The van der Waals surface area contributed by atoms with Crippen LogP contribution in [-0.4, -0.2) is 38.3 Å². The molecule has 0 unspecified atom stereocenters. The number of ether oxygens (including phenoxy) is 2. The Bertz CT molecular complexity index is 1250. The molecule has 9 heteroatoms. The van der Waals surface area contributed by atoms with Crippen molar-refractivity contribution in [1.82, 2.24) is 4.98 Å². The van der Waals surface area contributed by atoms with E-state index in [-0.39, 0.29) is 16.6 Å². The number of thiazole rings is 1. The second-order valence-corrected chi connectivity index (χ2v) is 10.1. The van der Waals surface area contributed by atoms with Crippen molar-refractivity contribution in [2.24, 2.45) is 0 Å². The molecular formula is C23H22N2O5S2. The van der Waals surface area contributed by atoms with Gasteiger partial charge in [0.2, 0.25) is 5.91 Å². The molecular weight excluding hydrogens is 448 g/mol. The largest absolute Gasteiger partial charge is 0.486 e. The van der Waals surface area contributed by atoms with Gasteiger partial charge in [0.05, 0.1) is 16.3 Å². The van der Waals surface area contributed by atoms with Gasteiger partial charge in [0.25, 0.3) is 0 Å². The van der Waals surface area contributed by atoms with E-state index >= 15 is 0 Å². The molecule has 0 saturated heterocycles. The molecule has 166 valence electrons. The van der Waals surface area contributed by atoms with Gasteiger partial charge in [-0.1, -0.05) is 19.1 Å². The Balaban J connectivity index is 1.39. The minimum Gasteiger partial charge on any atom is -0.486 e. The van der Waals surface area contributed by atoms with Crippen molar-refractivity contribution in [1.29, 1.82) is 0 Å². The Hall–Kier alpha value is -3.17. The first kappa shape index (κ1) is 22.0. The minimum absolute atomic E-state index is 0.118. The normalized spacial score (nSPS) is 13.3. The fourth-order valence-electron chi connectivity index (χ4n) is 3.16. The highest BCUT2D eigenvalue weighted by molar-refractivity contribution is 7.91. The molecule has 1 aliphatic rings. The molecule has 7 nitrogen and oxygen atoms in total. The Morgan fingerprint density at radius 3 is 2.62 bits per heavy atom. The van der Waals surface area contributed by atoms with Crippen LogP contribution in [0.4, 0.5) is 5.13 Å². The van der Waals surface area contributed by atoms with Crippen molar-refractivity contribution < 1.29 is 22.7 Å². The van der Waals surface area contributed by atoms with E-state index in [1.807, 2.05) is 30.5 Å². The van der Waals surface area contributed by atoms with E-state index in [0.29, 0.717) is 36.3 Å². The number of rotatable bonds is 7. The number of hydrogen-bond acceptors (Lipinski definition) is 7. The zero-order valence-corrected chi connectivity index (χ0v) is 19.0. The SMILES string of the molecule is CCCS(=O)(=O)c1ccc(C=CC(=O)Nc2nc(-c3ccc4c(c3)OCCO4)cs2)cc1. The second-order valence-electron chi connectivity index (χ2n) is 7.11. The van der Waals surface area contributed by atoms with E-state index < -0.39 is 9.84 Å². The van der Waals surface area contributed by atoms with Gasteiger partial charge in [-0.25, -0.2) is 13.4 Å². The van der Waals surface area contributed by atoms with E-state index in [1.165, 1.54) is 17.4 Å². The predicted molar refractivity (Wildman–Crippen MR) is 125 cm³/mol. The summed E-state index contributed by atoms with van der Waals surface area (Å²) >= 11 is 1.33. The Morgan fingerprint density at radius 1 is 1.12 bits per heavy atom. The van der Waals surface area contributed by atoms with Crippen LogP contribution in [0.25, 0.3) is 17.3 Å². The maximum absolute atomic E-state index is 12.3. The van der Waals surface area contributed by atoms with Crippen LogP contribution in [0.5, 0.6) is 11.5 Å². The molecule has 32 heavy (non-hydrogen) atoms. The molecule has 2 aromatic carbocycles. The molecule has 1 aromatic heterocycles. The molecule has 0 bridgehead atoms. The van der Waals surface area contributed by atoms with Gasteiger partial charge in [-0.05, 0) is 48.4 Å². The van der Waals surface area contributed by atoms with Crippen LogP contribution in [0.1, 0.15) is 18.9 Å². The monoisotopic (exact) mass is 470 g/mol. The van der Waals surface area contributed by atoms with Crippen molar-refractivity contribution in [3.05, 3.63) is 59.5 Å². The van der Waals surface area contributed by atoms with E-state index in [0.717, 1.165) is 16.8 Å². The average molecular weight is 471 g/mol. The third kappa shape index (κ3) is 5.17. The number of carbonyl (C=O) groups excluding carboxylic acids is 1. The van der Waals surface area contributed by atoms with Crippen LogP contribution in [0, 0.1) is 0 Å². The topological polar surface area (TPSA) is 94.6 Å². The summed E-state index contributed by atoms with van der Waals surface area (Å²) in [6.07, 6.45) is 3.58. The van der Waals surface area contributed by atoms with Gasteiger partial charge in [0.1, 0.15) is 13.2 Å². The average Bonchev–Trinajstić information content (AvgIpc) is 3.26. The number of fused-ring (bicyclic) bond motifs is 1. The van der Waals surface area contributed by atoms with Gasteiger partial charge in [0, 0.05) is 17.0 Å². The van der Waals surface area contributed by atoms with Gasteiger partial charge in [-0.2, -0.15) is 0 Å². The van der Waals surface area contributed by atoms with Crippen LogP contribution in [0.2, 0.25) is 0 Å². The molecule has 4 rings (SSSR count). The van der Waals surface area contributed by atoms with Gasteiger partial charge in [-0.3, -0.25) is 10.1 Å². The standard InChI is InChI=1S/C23H22N2O5S2/c1-2-13-32(27,28)18-7-3-16(4-8-18)5-10-22(26)25-23-24-19(15-31-23)17-6-9-20-21(14-17)30-12-11-29-20/h3-10,14-15H,2,11-13H2,1H3,(H,24,25,26). The molecule has 2 heterocycles. The summed E-state index contributed by atoms with van der Waals surface area (Å²) in [5.41, 5.74) is 2.33. The smallest absolute Gasteiger partial charge is 0.250 e. The number of hydrogen-bond donors (Lipinski definition) is 1. The number of nitrogens with zero attached hydrogens (tertiary/aromatic N) is 1. The summed E-state index contributed by atoms with van der Waals surface area (Å²) in [4.78, 5) is 17.0. The number of carbonyl (C=O) groups is 1. The van der Waals surface area contributed by atoms with Crippen molar-refractivity contribution in [3.63, 3.8) is 0 Å². The van der Waals surface area contributed by atoms with Crippen LogP contribution < -0.4 is 14.8 Å². The van der Waals surface area contributed by atoms with Crippen LogP contribution in [0.3, 0.4) is 0 Å². The molecule has 0 radical (unpaired) electrons. The summed E-state index contributed by atoms with van der Waals surface area (Å²) in [5, 5.41) is 5.09. The number of anilines is 1. The Morgan fingerprint density at radius 2 is 1.88 bits per heavy atom. The zero-order valence-electron chi connectivity index (χ0n) is 17.4. The Labute approximate surface area is 190 Å². The number of benzene rings is 2. The summed E-state index contributed by atoms with van der Waals surface area (Å²) < 4.78 is 35.3. The van der Waals surface area contributed by atoms with Crippen LogP contribution in [0.15, 0.2) is 58.8 Å². The molecule has 1 amide bonds. The first-order chi connectivity index (χ1) is 15.4. The van der Waals surface area contributed by atoms with Crippen LogP contribution in [-0.2, 0) is 14.6 Å². The number of aromatic nitrogens is 1. The highest BCUT2D eigenvalue weighted by atomic mass is 32.2. The van der Waals surface area contributed by atoms with Crippen molar-refractivity contribution in [2.75, 3.05) is 24.3 Å². The molecule has 0 fully saturated rings. The first-order valence-corrected chi connectivity index (χ1v) is 12.7. The van der Waals surface area contributed by atoms with Gasteiger partial charge >= 0.3 is 0 Å². The maximum Gasteiger partial charge on any atom is 0.250 e. The van der Waals surface area contributed by atoms with Crippen LogP contribution >= 0.6 is 11.3 Å². The van der Waals surface area contributed by atoms with E-state index in [9.17, 15) is 13.2 Å². The fourth-order valence-corrected chi connectivity index (χ4v) is 5.20. The molecule has 1 aliphatic heterocycles. The fraction of sp³-hybridized carbons (Fsp3) is 0.217. The first-order valence-electron chi connectivity index (χ1n) is 10.1. The lowest BCUT2D eigenvalue weighted by Crippen LogP contribution is -2.15. The molecule has 1 N–H and O–H groups in total. The van der Waals surface area contributed by atoms with E-state index in [1.54, 1.807) is 30.3 Å². The lowest BCUT2D eigenvalue weighted by molar-refractivity contribution is -0.111. The molecule has 0 spiro atoms. The van der Waals surface area contributed by atoms with Crippen molar-refractivity contribution in [3.8, 4) is 22.8 Å². The summed E-state index contributed by atoms with van der Waals surface area (Å²) in [5.74, 6) is 1.19. The number of nitrogens with one attached hydrogen (secondary N) is 1. The highest BCUT2D eigenvalue weighted by Gasteiger charge is 2.14. The molecule has 0 aliphatic carbocycles. The van der Waals surface area contributed by atoms with Gasteiger partial charge in [-0.15, -0.1) is 11.3 Å². The lowest BCUT2D eigenvalue weighted by Gasteiger charge is -2.18. The Kier molecular flexibility index (Phi) is 6.57. The summed E-state index contributed by atoms with van der Waals surface area (Å²) in [6.45, 7) is 2.88. The third-order valence-electron chi connectivity index (χ3n) is 4.71. The van der Waals surface area contributed by atoms with Crippen molar-refractivity contribution in [2.45, 2.75) is 18.2 Å². The third-order valence-corrected chi connectivity index (χ3v) is 7.41.